The predicted molar refractivity (Wildman–Crippen MR) is 87.7 cm³/mol. The molecule has 0 unspecified atom stereocenters. The molecular formula is C15H17BrN2O2S. The maximum absolute atomic E-state index is 12.3. The van der Waals surface area contributed by atoms with Crippen molar-refractivity contribution in [2.24, 2.45) is 5.92 Å². The third-order valence-corrected chi connectivity index (χ3v) is 4.64. The quantitative estimate of drug-likeness (QED) is 0.815. The molecule has 1 heterocycles. The van der Waals surface area contributed by atoms with Crippen LogP contribution >= 0.6 is 15.9 Å². The number of nitrogens with one attached hydrogen (secondary N) is 1. The van der Waals surface area contributed by atoms with E-state index in [2.05, 4.69) is 39.5 Å². The van der Waals surface area contributed by atoms with Gasteiger partial charge in [0.25, 0.3) is 10.0 Å². The van der Waals surface area contributed by atoms with E-state index in [9.17, 15) is 8.42 Å². The van der Waals surface area contributed by atoms with Crippen LogP contribution in [0.4, 0.5) is 5.82 Å². The Bertz CT molecular complexity index is 713. The SMILES string of the molecule is CC(C)Cc1ccc(S(=O)(=O)Nc2cccc(Br)n2)cc1. The molecule has 2 aromatic rings. The van der Waals surface area contributed by atoms with Gasteiger partial charge in [0.15, 0.2) is 0 Å². The lowest BCUT2D eigenvalue weighted by molar-refractivity contribution is 0.601. The van der Waals surface area contributed by atoms with Crippen LogP contribution in [0.1, 0.15) is 19.4 Å². The average Bonchev–Trinajstić information content (AvgIpc) is 2.38. The Hall–Kier alpha value is -1.40. The smallest absolute Gasteiger partial charge is 0.263 e. The summed E-state index contributed by atoms with van der Waals surface area (Å²) >= 11 is 3.21. The minimum atomic E-state index is -3.61. The van der Waals surface area contributed by atoms with Crippen LogP contribution in [-0.4, -0.2) is 13.4 Å². The van der Waals surface area contributed by atoms with Crippen molar-refractivity contribution in [3.05, 3.63) is 52.6 Å². The van der Waals surface area contributed by atoms with Crippen molar-refractivity contribution in [1.82, 2.24) is 4.98 Å². The predicted octanol–water partition coefficient (Wildman–Crippen LogP) is 3.84. The second kappa shape index (κ2) is 6.58. The second-order valence-corrected chi connectivity index (χ2v) is 7.69. The molecule has 0 aliphatic carbocycles. The highest BCUT2D eigenvalue weighted by molar-refractivity contribution is 9.10. The Morgan fingerprint density at radius 3 is 2.38 bits per heavy atom. The van der Waals surface area contributed by atoms with Crippen LogP contribution in [-0.2, 0) is 16.4 Å². The van der Waals surface area contributed by atoms with E-state index >= 15 is 0 Å². The Morgan fingerprint density at radius 2 is 1.81 bits per heavy atom. The van der Waals surface area contributed by atoms with Crippen molar-refractivity contribution in [2.45, 2.75) is 25.2 Å². The zero-order valence-electron chi connectivity index (χ0n) is 11.9. The van der Waals surface area contributed by atoms with Gasteiger partial charge in [-0.1, -0.05) is 32.0 Å². The maximum Gasteiger partial charge on any atom is 0.263 e. The van der Waals surface area contributed by atoms with E-state index in [0.717, 1.165) is 12.0 Å². The number of aromatic nitrogens is 1. The molecular weight excluding hydrogens is 352 g/mol. The van der Waals surface area contributed by atoms with Crippen LogP contribution in [0.3, 0.4) is 0 Å². The third-order valence-electron chi connectivity index (χ3n) is 2.83. The summed E-state index contributed by atoms with van der Waals surface area (Å²) in [4.78, 5) is 4.30. The summed E-state index contributed by atoms with van der Waals surface area (Å²) in [6.07, 6.45) is 0.931. The monoisotopic (exact) mass is 368 g/mol. The van der Waals surface area contributed by atoms with Gasteiger partial charge in [0.05, 0.1) is 4.90 Å². The van der Waals surface area contributed by atoms with E-state index in [0.29, 0.717) is 10.5 Å². The molecule has 0 aliphatic heterocycles. The van der Waals surface area contributed by atoms with E-state index < -0.39 is 10.0 Å². The van der Waals surface area contributed by atoms with Crippen LogP contribution in [0.5, 0.6) is 0 Å². The van der Waals surface area contributed by atoms with Crippen molar-refractivity contribution in [3.8, 4) is 0 Å². The van der Waals surface area contributed by atoms with Gasteiger partial charge in [-0.05, 0) is 58.1 Å². The molecule has 1 aromatic heterocycles. The lowest BCUT2D eigenvalue weighted by Gasteiger charge is -2.09. The van der Waals surface area contributed by atoms with Gasteiger partial charge in [0.1, 0.15) is 10.4 Å². The van der Waals surface area contributed by atoms with E-state index in [1.165, 1.54) is 0 Å². The number of sulfonamides is 1. The second-order valence-electron chi connectivity index (χ2n) is 5.19. The van der Waals surface area contributed by atoms with E-state index in [1.807, 2.05) is 12.1 Å². The minimum Gasteiger partial charge on any atom is -0.263 e. The van der Waals surface area contributed by atoms with E-state index in [1.54, 1.807) is 30.3 Å². The Balaban J connectivity index is 2.19. The van der Waals surface area contributed by atoms with Crippen molar-refractivity contribution in [3.63, 3.8) is 0 Å². The van der Waals surface area contributed by atoms with Crippen LogP contribution in [0, 0.1) is 5.92 Å². The summed E-state index contributed by atoms with van der Waals surface area (Å²) < 4.78 is 27.6. The highest BCUT2D eigenvalue weighted by atomic mass is 79.9. The van der Waals surface area contributed by atoms with Crippen molar-refractivity contribution in [2.75, 3.05) is 4.72 Å². The largest absolute Gasteiger partial charge is 0.263 e. The fraction of sp³-hybridized carbons (Fsp3) is 0.267. The summed E-state index contributed by atoms with van der Waals surface area (Å²) in [6.45, 7) is 4.26. The summed E-state index contributed by atoms with van der Waals surface area (Å²) in [5.41, 5.74) is 1.13. The molecule has 1 N–H and O–H groups in total. The first kappa shape index (κ1) is 16.0. The van der Waals surface area contributed by atoms with Gasteiger partial charge in [-0.15, -0.1) is 0 Å². The molecule has 112 valence electrons. The van der Waals surface area contributed by atoms with Crippen molar-refractivity contribution in [1.29, 1.82) is 0 Å². The number of hydrogen-bond acceptors (Lipinski definition) is 3. The number of hydrogen-bond donors (Lipinski definition) is 1. The molecule has 1 aromatic carbocycles. The number of halogens is 1. The summed E-state index contributed by atoms with van der Waals surface area (Å²) in [6, 6.07) is 12.0. The molecule has 0 saturated carbocycles. The van der Waals surface area contributed by atoms with Gasteiger partial charge in [-0.25, -0.2) is 13.4 Å². The first-order valence-electron chi connectivity index (χ1n) is 6.61. The molecule has 0 radical (unpaired) electrons. The molecule has 0 amide bonds. The van der Waals surface area contributed by atoms with Gasteiger partial charge in [0.2, 0.25) is 0 Å². The first-order valence-corrected chi connectivity index (χ1v) is 8.89. The number of pyridine rings is 1. The molecule has 4 nitrogen and oxygen atoms in total. The molecule has 0 bridgehead atoms. The van der Waals surface area contributed by atoms with E-state index in [4.69, 9.17) is 0 Å². The topological polar surface area (TPSA) is 59.1 Å². The molecule has 0 atom stereocenters. The Labute approximate surface area is 133 Å². The minimum absolute atomic E-state index is 0.233. The third kappa shape index (κ3) is 4.54. The van der Waals surface area contributed by atoms with Crippen molar-refractivity contribution >= 4 is 31.8 Å². The Kier molecular flexibility index (Phi) is 5.00. The summed E-state index contributed by atoms with van der Waals surface area (Å²) in [7, 11) is -3.61. The molecule has 21 heavy (non-hydrogen) atoms. The standard InChI is InChI=1S/C15H17BrN2O2S/c1-11(2)10-12-6-8-13(9-7-12)21(19,20)18-15-5-3-4-14(16)17-15/h3-9,11H,10H2,1-2H3,(H,17,18). The van der Waals surface area contributed by atoms with Crippen LogP contribution < -0.4 is 4.72 Å². The fourth-order valence-corrected chi connectivity index (χ4v) is 3.28. The van der Waals surface area contributed by atoms with Crippen LogP contribution in [0.25, 0.3) is 0 Å². The normalized spacial score (nSPS) is 11.6. The summed E-state index contributed by atoms with van der Waals surface area (Å²) in [5, 5.41) is 0. The average molecular weight is 369 g/mol. The Morgan fingerprint density at radius 1 is 1.14 bits per heavy atom. The highest BCUT2D eigenvalue weighted by Crippen LogP contribution is 2.18. The summed E-state index contributed by atoms with van der Waals surface area (Å²) in [5.74, 6) is 0.826. The van der Waals surface area contributed by atoms with E-state index in [-0.39, 0.29) is 10.7 Å². The molecule has 0 aliphatic rings. The number of benzene rings is 1. The fourth-order valence-electron chi connectivity index (χ4n) is 1.94. The molecule has 0 spiro atoms. The highest BCUT2D eigenvalue weighted by Gasteiger charge is 2.14. The molecule has 0 saturated heterocycles. The molecule has 2 rings (SSSR count). The van der Waals surface area contributed by atoms with Crippen LogP contribution in [0.2, 0.25) is 0 Å². The lowest BCUT2D eigenvalue weighted by atomic mass is 10.0. The number of nitrogens with zero attached hydrogens (tertiary/aromatic N) is 1. The zero-order valence-corrected chi connectivity index (χ0v) is 14.3. The molecule has 6 heteroatoms. The van der Waals surface area contributed by atoms with Gasteiger partial charge >= 0.3 is 0 Å². The van der Waals surface area contributed by atoms with Gasteiger partial charge < -0.3 is 0 Å². The first-order chi connectivity index (χ1) is 9.87. The van der Waals surface area contributed by atoms with Gasteiger partial charge in [0, 0.05) is 0 Å². The number of rotatable bonds is 5. The maximum atomic E-state index is 12.3. The van der Waals surface area contributed by atoms with Crippen molar-refractivity contribution < 1.29 is 8.42 Å². The lowest BCUT2D eigenvalue weighted by Crippen LogP contribution is -2.14. The van der Waals surface area contributed by atoms with Gasteiger partial charge in [-0.2, -0.15) is 0 Å². The van der Waals surface area contributed by atoms with Crippen LogP contribution in [0.15, 0.2) is 52.0 Å². The zero-order chi connectivity index (χ0) is 15.5. The molecule has 0 fully saturated rings. The van der Waals surface area contributed by atoms with Gasteiger partial charge in [-0.3, -0.25) is 4.72 Å². The number of anilines is 1.